The minimum atomic E-state index is -0.474. The molecule has 1 heterocycles. The third-order valence-electron chi connectivity index (χ3n) is 5.67. The van der Waals surface area contributed by atoms with E-state index in [0.29, 0.717) is 30.0 Å². The minimum absolute atomic E-state index is 0.0356. The van der Waals surface area contributed by atoms with Gasteiger partial charge in [0.1, 0.15) is 11.9 Å². The van der Waals surface area contributed by atoms with Crippen LogP contribution in [-0.2, 0) is 13.0 Å². The second-order valence-corrected chi connectivity index (χ2v) is 7.58. The van der Waals surface area contributed by atoms with Crippen LogP contribution in [0.2, 0.25) is 0 Å². The van der Waals surface area contributed by atoms with Crippen LogP contribution in [0.15, 0.2) is 42.5 Å². The number of nitriles is 1. The Kier molecular flexibility index (Phi) is 5.31. The lowest BCUT2D eigenvalue weighted by molar-refractivity contribution is 0.00599. The Hall–Kier alpha value is -2.84. The smallest absolute Gasteiger partial charge is 0.258 e. The number of hydrogen-bond acceptors (Lipinski definition) is 4. The first-order valence-electron chi connectivity index (χ1n) is 9.90. The highest BCUT2D eigenvalue weighted by Gasteiger charge is 2.31. The summed E-state index contributed by atoms with van der Waals surface area (Å²) in [6.07, 6.45) is 3.68. The topological polar surface area (TPSA) is 73.6 Å². The number of aliphatic hydroxyl groups excluding tert-OH is 1. The van der Waals surface area contributed by atoms with E-state index in [9.17, 15) is 9.90 Å². The Labute approximate surface area is 165 Å². The van der Waals surface area contributed by atoms with Gasteiger partial charge >= 0.3 is 0 Å². The van der Waals surface area contributed by atoms with Gasteiger partial charge in [-0.05, 0) is 55.0 Å². The summed E-state index contributed by atoms with van der Waals surface area (Å²) in [7, 11) is 0. The van der Waals surface area contributed by atoms with Gasteiger partial charge in [0, 0.05) is 13.1 Å². The predicted octanol–water partition coefficient (Wildman–Crippen LogP) is 3.44. The van der Waals surface area contributed by atoms with Crippen LogP contribution in [0.5, 0.6) is 5.75 Å². The van der Waals surface area contributed by atoms with Gasteiger partial charge in [-0.3, -0.25) is 4.79 Å². The van der Waals surface area contributed by atoms with Crippen LogP contribution in [0, 0.1) is 11.3 Å². The molecule has 5 heteroatoms. The second-order valence-electron chi connectivity index (χ2n) is 7.58. The molecule has 1 aliphatic heterocycles. The van der Waals surface area contributed by atoms with Gasteiger partial charge in [0.05, 0.1) is 23.3 Å². The van der Waals surface area contributed by atoms with Crippen molar-refractivity contribution in [1.82, 2.24) is 4.90 Å². The third kappa shape index (κ3) is 3.74. The van der Waals surface area contributed by atoms with Crippen LogP contribution in [0.4, 0.5) is 0 Å². The van der Waals surface area contributed by atoms with E-state index >= 15 is 0 Å². The van der Waals surface area contributed by atoms with Gasteiger partial charge in [-0.25, -0.2) is 0 Å². The van der Waals surface area contributed by atoms with Crippen molar-refractivity contribution in [3.63, 3.8) is 0 Å². The number of hydrogen-bond donors (Lipinski definition) is 1. The summed E-state index contributed by atoms with van der Waals surface area (Å²) in [6.45, 7) is 1.16. The highest BCUT2D eigenvalue weighted by atomic mass is 16.5. The standard InChI is InChI=1S/C23H24N2O3/c24-14-16-8-10-17(11-9-16)15-25-13-12-18-4-3-7-21(22(18)23(25)27)28-20-6-2-1-5-19(20)26/h3-4,7-11,19-20,26H,1-2,5-6,12-13,15H2/t19-,20-/m0/s1. The van der Waals surface area contributed by atoms with Gasteiger partial charge in [0.15, 0.2) is 0 Å². The van der Waals surface area contributed by atoms with Crippen molar-refractivity contribution in [3.8, 4) is 11.8 Å². The fourth-order valence-corrected chi connectivity index (χ4v) is 4.07. The Morgan fingerprint density at radius 3 is 2.68 bits per heavy atom. The summed E-state index contributed by atoms with van der Waals surface area (Å²) in [5.41, 5.74) is 3.24. The predicted molar refractivity (Wildman–Crippen MR) is 105 cm³/mol. The first kappa shape index (κ1) is 18.5. The number of amides is 1. The number of rotatable bonds is 4. The molecule has 1 aliphatic carbocycles. The lowest BCUT2D eigenvalue weighted by Crippen LogP contribution is -2.39. The first-order chi connectivity index (χ1) is 13.7. The van der Waals surface area contributed by atoms with Crippen molar-refractivity contribution in [3.05, 3.63) is 64.7 Å². The van der Waals surface area contributed by atoms with Crippen molar-refractivity contribution in [2.75, 3.05) is 6.54 Å². The number of carbonyl (C=O) groups excluding carboxylic acids is 1. The van der Waals surface area contributed by atoms with E-state index in [1.807, 2.05) is 35.2 Å². The maximum Gasteiger partial charge on any atom is 0.258 e. The summed E-state index contributed by atoms with van der Waals surface area (Å²) in [4.78, 5) is 15.0. The Bertz CT molecular complexity index is 901. The third-order valence-corrected chi connectivity index (χ3v) is 5.67. The molecule has 2 aromatic carbocycles. The summed E-state index contributed by atoms with van der Waals surface area (Å²) >= 11 is 0. The molecule has 1 saturated carbocycles. The number of ether oxygens (including phenoxy) is 1. The zero-order valence-corrected chi connectivity index (χ0v) is 15.8. The first-order valence-corrected chi connectivity index (χ1v) is 9.90. The minimum Gasteiger partial charge on any atom is -0.487 e. The van der Waals surface area contributed by atoms with Crippen LogP contribution in [0.1, 0.15) is 52.7 Å². The Balaban J connectivity index is 1.55. The van der Waals surface area contributed by atoms with E-state index < -0.39 is 6.10 Å². The molecule has 5 nitrogen and oxygen atoms in total. The van der Waals surface area contributed by atoms with Crippen molar-refractivity contribution in [1.29, 1.82) is 5.26 Å². The molecule has 0 aromatic heterocycles. The summed E-state index contributed by atoms with van der Waals surface area (Å²) < 4.78 is 6.13. The number of benzene rings is 2. The quantitative estimate of drug-likeness (QED) is 0.887. The largest absolute Gasteiger partial charge is 0.487 e. The highest BCUT2D eigenvalue weighted by molar-refractivity contribution is 5.99. The van der Waals surface area contributed by atoms with Crippen LogP contribution in [0.3, 0.4) is 0 Å². The molecule has 0 unspecified atom stereocenters. The molecule has 2 aromatic rings. The molecule has 0 spiro atoms. The summed E-state index contributed by atoms with van der Waals surface area (Å²) in [6, 6.07) is 15.2. The normalized spacial score (nSPS) is 21.7. The molecule has 0 radical (unpaired) electrons. The lowest BCUT2D eigenvalue weighted by Gasteiger charge is -2.32. The molecule has 2 atom stereocenters. The fourth-order valence-electron chi connectivity index (χ4n) is 4.07. The lowest BCUT2D eigenvalue weighted by atomic mass is 9.94. The molecule has 4 rings (SSSR count). The van der Waals surface area contributed by atoms with E-state index in [-0.39, 0.29) is 12.0 Å². The van der Waals surface area contributed by atoms with Crippen LogP contribution in [-0.4, -0.2) is 34.7 Å². The van der Waals surface area contributed by atoms with E-state index in [2.05, 4.69) is 6.07 Å². The maximum atomic E-state index is 13.2. The molecule has 2 aliphatic rings. The highest BCUT2D eigenvalue weighted by Crippen LogP contribution is 2.32. The maximum absolute atomic E-state index is 13.2. The average molecular weight is 376 g/mol. The van der Waals surface area contributed by atoms with Crippen molar-refractivity contribution < 1.29 is 14.6 Å². The molecule has 1 amide bonds. The van der Waals surface area contributed by atoms with Crippen molar-refractivity contribution in [2.45, 2.75) is 50.9 Å². The van der Waals surface area contributed by atoms with Crippen molar-refractivity contribution in [2.24, 2.45) is 0 Å². The molecule has 0 saturated heterocycles. The number of aliphatic hydroxyl groups is 1. The molecule has 1 fully saturated rings. The molecule has 28 heavy (non-hydrogen) atoms. The van der Waals surface area contributed by atoms with Gasteiger partial charge in [-0.2, -0.15) is 5.26 Å². The van der Waals surface area contributed by atoms with E-state index in [4.69, 9.17) is 10.00 Å². The monoisotopic (exact) mass is 376 g/mol. The Morgan fingerprint density at radius 1 is 1.14 bits per heavy atom. The molecule has 144 valence electrons. The van der Waals surface area contributed by atoms with Gasteiger partial charge in [0.2, 0.25) is 0 Å². The molecule has 0 bridgehead atoms. The SMILES string of the molecule is N#Cc1ccc(CN2CCc3cccc(O[C@H]4CCCC[C@@H]4O)c3C2=O)cc1. The van der Waals surface area contributed by atoms with Gasteiger partial charge < -0.3 is 14.7 Å². The van der Waals surface area contributed by atoms with Crippen LogP contribution < -0.4 is 4.74 Å². The molecule has 1 N–H and O–H groups in total. The molecular formula is C23H24N2O3. The fraction of sp³-hybridized carbons (Fsp3) is 0.391. The van der Waals surface area contributed by atoms with E-state index in [0.717, 1.165) is 43.2 Å². The average Bonchev–Trinajstić information content (AvgIpc) is 2.72. The van der Waals surface area contributed by atoms with Gasteiger partial charge in [-0.15, -0.1) is 0 Å². The molecular weight excluding hydrogens is 352 g/mol. The number of nitrogens with zero attached hydrogens (tertiary/aromatic N) is 2. The van der Waals surface area contributed by atoms with Gasteiger partial charge in [0.25, 0.3) is 5.91 Å². The number of carbonyl (C=O) groups is 1. The van der Waals surface area contributed by atoms with Crippen molar-refractivity contribution >= 4 is 5.91 Å². The Morgan fingerprint density at radius 2 is 1.93 bits per heavy atom. The zero-order valence-electron chi connectivity index (χ0n) is 15.8. The van der Waals surface area contributed by atoms with E-state index in [1.54, 1.807) is 12.1 Å². The van der Waals surface area contributed by atoms with E-state index in [1.165, 1.54) is 0 Å². The summed E-state index contributed by atoms with van der Waals surface area (Å²) in [5.74, 6) is 0.546. The van der Waals surface area contributed by atoms with Crippen LogP contribution in [0.25, 0.3) is 0 Å². The zero-order chi connectivity index (χ0) is 19.5. The second kappa shape index (κ2) is 8.04. The van der Waals surface area contributed by atoms with Crippen LogP contribution >= 0.6 is 0 Å². The number of fused-ring (bicyclic) bond motifs is 1. The van der Waals surface area contributed by atoms with Gasteiger partial charge in [-0.1, -0.05) is 30.7 Å². The summed E-state index contributed by atoms with van der Waals surface area (Å²) in [5, 5.41) is 19.2.